The van der Waals surface area contributed by atoms with E-state index >= 15 is 0 Å². The molecule has 39 heavy (non-hydrogen) atoms. The number of aliphatic hydroxyl groups is 1. The van der Waals surface area contributed by atoms with Crippen molar-refractivity contribution in [1.82, 2.24) is 9.05 Å². The normalized spacial score (nSPS) is 17.0. The number of quaternary nitrogens is 1. The zero-order valence-electron chi connectivity index (χ0n) is 21.8. The molecular weight excluding hydrogens is 574 g/mol. The fraction of sp³-hybridized carbons (Fsp3) is 0.357. The van der Waals surface area contributed by atoms with Crippen LogP contribution in [0.5, 0.6) is 0 Å². The van der Waals surface area contributed by atoms with Crippen molar-refractivity contribution in [3.05, 3.63) is 74.3 Å². The molecule has 7 nitrogen and oxygen atoms in total. The monoisotopic (exact) mass is 604 g/mol. The number of rotatable bonds is 7. The minimum Gasteiger partial charge on any atom is -0.381 e. The Hall–Kier alpha value is -2.34. The quantitative estimate of drug-likeness (QED) is 0.284. The standard InChI is InChI=1S/C28H31ClN3O4S3/c1-30-28-31(2)25(26(34)23-7-6-15-37-23)27(38-28)32(13-4-3-5-14-32)24(33)12-16-39(35,36)22-11-9-19-17-21(29)10-8-20(19)18-22/h6-11,15,17-18,26,34H,3-5,12-14,16H2,1-2H3/q+1. The van der Waals surface area contributed by atoms with Crippen molar-refractivity contribution < 1.29 is 18.3 Å². The Kier molecular flexibility index (Phi) is 8.15. The van der Waals surface area contributed by atoms with Crippen LogP contribution in [0, 0.1) is 0 Å². The van der Waals surface area contributed by atoms with E-state index in [1.807, 2.05) is 29.1 Å². The molecule has 1 saturated heterocycles. The van der Waals surface area contributed by atoms with E-state index in [0.717, 1.165) is 39.9 Å². The number of fused-ring (bicyclic) bond motifs is 1. The van der Waals surface area contributed by atoms with Crippen molar-refractivity contribution in [2.75, 3.05) is 25.9 Å². The first-order chi connectivity index (χ1) is 18.7. The SMILES string of the molecule is CN=c1sc([N+]2(C(=O)CCS(=O)(=O)c3ccc4cc(Cl)ccc4c3)CCCCC2)c(C(O)c2cccs2)n1C. The van der Waals surface area contributed by atoms with Crippen LogP contribution in [-0.2, 0) is 21.7 Å². The van der Waals surface area contributed by atoms with Crippen LogP contribution in [0.1, 0.15) is 42.4 Å². The number of likely N-dealkylation sites (tertiary alicyclic amines) is 1. The molecule has 0 radical (unpaired) electrons. The van der Waals surface area contributed by atoms with Gasteiger partial charge in [-0.05, 0) is 77.1 Å². The van der Waals surface area contributed by atoms with Crippen LogP contribution >= 0.6 is 34.3 Å². The molecule has 2 aromatic heterocycles. The Balaban J connectivity index is 1.49. The Labute approximate surface area is 241 Å². The summed E-state index contributed by atoms with van der Waals surface area (Å²) in [5.74, 6) is -0.425. The number of carbonyl (C=O) groups excluding carboxylic acids is 1. The molecule has 0 aliphatic carbocycles. The van der Waals surface area contributed by atoms with Gasteiger partial charge in [0.1, 0.15) is 11.8 Å². The van der Waals surface area contributed by atoms with Gasteiger partial charge in [-0.2, -0.15) is 0 Å². The fourth-order valence-corrected chi connectivity index (χ4v) is 8.86. The predicted octanol–water partition coefficient (Wildman–Crippen LogP) is 5.45. The molecule has 5 rings (SSSR count). The molecule has 2 aromatic carbocycles. The summed E-state index contributed by atoms with van der Waals surface area (Å²) < 4.78 is 28.6. The van der Waals surface area contributed by atoms with Gasteiger partial charge in [0.05, 0.1) is 30.2 Å². The summed E-state index contributed by atoms with van der Waals surface area (Å²) in [5, 5.41) is 16.3. The van der Waals surface area contributed by atoms with Crippen molar-refractivity contribution in [1.29, 1.82) is 0 Å². The van der Waals surface area contributed by atoms with Crippen LogP contribution in [0.4, 0.5) is 5.00 Å². The highest BCUT2D eigenvalue weighted by molar-refractivity contribution is 7.91. The summed E-state index contributed by atoms with van der Waals surface area (Å²) >= 11 is 8.94. The van der Waals surface area contributed by atoms with Crippen molar-refractivity contribution in [2.45, 2.75) is 36.7 Å². The van der Waals surface area contributed by atoms with Gasteiger partial charge in [-0.3, -0.25) is 4.99 Å². The first kappa shape index (κ1) is 28.2. The second kappa shape index (κ2) is 11.3. The second-order valence-corrected chi connectivity index (χ2v) is 14.3. The van der Waals surface area contributed by atoms with Gasteiger partial charge < -0.3 is 9.67 Å². The molecule has 1 amide bonds. The van der Waals surface area contributed by atoms with E-state index in [9.17, 15) is 18.3 Å². The molecule has 1 N–H and O–H groups in total. The van der Waals surface area contributed by atoms with E-state index in [-0.39, 0.29) is 27.5 Å². The zero-order chi connectivity index (χ0) is 27.8. The Morgan fingerprint density at radius 1 is 1.13 bits per heavy atom. The smallest absolute Gasteiger partial charge is 0.320 e. The van der Waals surface area contributed by atoms with Crippen molar-refractivity contribution in [3.8, 4) is 0 Å². The highest BCUT2D eigenvalue weighted by Gasteiger charge is 2.45. The van der Waals surface area contributed by atoms with Crippen LogP contribution in [0.2, 0.25) is 5.02 Å². The minimum absolute atomic E-state index is 0.0392. The van der Waals surface area contributed by atoms with Crippen molar-refractivity contribution >= 4 is 65.8 Å². The van der Waals surface area contributed by atoms with Gasteiger partial charge in [-0.25, -0.2) is 17.7 Å². The van der Waals surface area contributed by atoms with Crippen LogP contribution in [0.3, 0.4) is 0 Å². The molecule has 0 spiro atoms. The second-order valence-electron chi connectivity index (χ2n) is 9.87. The molecule has 206 valence electrons. The molecular formula is C28H31ClN3O4S3+. The summed E-state index contributed by atoms with van der Waals surface area (Å²) in [6, 6.07) is 14.1. The van der Waals surface area contributed by atoms with Crippen LogP contribution in [-0.4, -0.2) is 49.9 Å². The molecule has 4 aromatic rings. The first-order valence-electron chi connectivity index (χ1n) is 12.8. The summed E-state index contributed by atoms with van der Waals surface area (Å²) in [7, 11) is -0.150. The third-order valence-electron chi connectivity index (χ3n) is 7.48. The number of amides is 1. The van der Waals surface area contributed by atoms with Crippen LogP contribution in [0.15, 0.2) is 63.8 Å². The van der Waals surface area contributed by atoms with Gasteiger partial charge >= 0.3 is 5.91 Å². The lowest BCUT2D eigenvalue weighted by atomic mass is 10.1. The molecule has 3 heterocycles. The van der Waals surface area contributed by atoms with Crippen molar-refractivity contribution in [2.24, 2.45) is 12.0 Å². The van der Waals surface area contributed by atoms with E-state index in [4.69, 9.17) is 11.6 Å². The number of hydrogen-bond donors (Lipinski definition) is 1. The molecule has 1 atom stereocenters. The van der Waals surface area contributed by atoms with E-state index in [0.29, 0.717) is 28.6 Å². The zero-order valence-corrected chi connectivity index (χ0v) is 25.0. The molecule has 1 aliphatic rings. The number of aliphatic hydroxyl groups excluding tert-OH is 1. The maximum Gasteiger partial charge on any atom is 0.320 e. The number of thiophene rings is 1. The topological polar surface area (TPSA) is 88.7 Å². The summed E-state index contributed by atoms with van der Waals surface area (Å²) in [6.07, 6.45) is 1.69. The largest absolute Gasteiger partial charge is 0.381 e. The average molecular weight is 605 g/mol. The molecule has 1 fully saturated rings. The average Bonchev–Trinajstić information content (AvgIpc) is 3.60. The number of thiazole rings is 1. The summed E-state index contributed by atoms with van der Waals surface area (Å²) in [5.41, 5.74) is 0.648. The lowest BCUT2D eigenvalue weighted by Crippen LogP contribution is -2.57. The number of halogens is 1. The number of benzene rings is 2. The van der Waals surface area contributed by atoms with Crippen LogP contribution in [0.25, 0.3) is 10.8 Å². The fourth-order valence-electron chi connectivity index (χ4n) is 5.40. The number of aromatic nitrogens is 1. The van der Waals surface area contributed by atoms with E-state index in [2.05, 4.69) is 4.99 Å². The van der Waals surface area contributed by atoms with E-state index < -0.39 is 15.9 Å². The third kappa shape index (κ3) is 5.38. The Morgan fingerprint density at radius 2 is 1.85 bits per heavy atom. The number of sulfone groups is 1. The lowest BCUT2D eigenvalue weighted by molar-refractivity contribution is -0.130. The van der Waals surface area contributed by atoms with Gasteiger partial charge in [0.15, 0.2) is 14.6 Å². The Bertz CT molecular complexity index is 1680. The van der Waals surface area contributed by atoms with Gasteiger partial charge in [0, 0.05) is 24.0 Å². The molecule has 0 saturated carbocycles. The van der Waals surface area contributed by atoms with E-state index in [1.165, 1.54) is 22.7 Å². The predicted molar refractivity (Wildman–Crippen MR) is 159 cm³/mol. The highest BCUT2D eigenvalue weighted by atomic mass is 35.5. The lowest BCUT2D eigenvalue weighted by Gasteiger charge is -2.38. The minimum atomic E-state index is -3.71. The van der Waals surface area contributed by atoms with Gasteiger partial charge in [0.2, 0.25) is 5.00 Å². The van der Waals surface area contributed by atoms with Crippen molar-refractivity contribution in [3.63, 3.8) is 0 Å². The number of carbonyl (C=O) groups is 1. The van der Waals surface area contributed by atoms with Gasteiger partial charge in [-0.1, -0.05) is 29.8 Å². The molecule has 1 aliphatic heterocycles. The number of piperidine rings is 1. The maximum absolute atomic E-state index is 14.1. The summed E-state index contributed by atoms with van der Waals surface area (Å²) in [6.45, 7) is 1.15. The summed E-state index contributed by atoms with van der Waals surface area (Å²) in [4.78, 5) is 20.2. The van der Waals surface area contributed by atoms with Gasteiger partial charge in [0.25, 0.3) is 0 Å². The molecule has 1 unspecified atom stereocenters. The maximum atomic E-state index is 14.1. The number of hydrogen-bond acceptors (Lipinski definition) is 7. The van der Waals surface area contributed by atoms with E-state index in [1.54, 1.807) is 43.4 Å². The Morgan fingerprint density at radius 3 is 2.54 bits per heavy atom. The van der Waals surface area contributed by atoms with Crippen LogP contribution < -0.4 is 9.28 Å². The number of nitrogens with zero attached hydrogens (tertiary/aromatic N) is 3. The third-order valence-corrected chi connectivity index (χ3v) is 11.7. The molecule has 11 heteroatoms. The highest BCUT2D eigenvalue weighted by Crippen LogP contribution is 2.41. The molecule has 0 bridgehead atoms. The first-order valence-corrected chi connectivity index (χ1v) is 16.6. The van der Waals surface area contributed by atoms with Gasteiger partial charge in [-0.15, -0.1) is 11.3 Å².